The van der Waals surface area contributed by atoms with E-state index in [0.717, 1.165) is 36.8 Å². The molecule has 1 aliphatic carbocycles. The molecule has 1 aliphatic heterocycles. The van der Waals surface area contributed by atoms with E-state index in [9.17, 15) is 14.0 Å². The fourth-order valence-corrected chi connectivity index (χ4v) is 5.07. The Hall–Kier alpha value is -2.73. The summed E-state index contributed by atoms with van der Waals surface area (Å²) < 4.78 is 18.5. The number of benzene rings is 2. The van der Waals surface area contributed by atoms with Gasteiger partial charge in [-0.15, -0.1) is 0 Å². The third kappa shape index (κ3) is 3.60. The number of hydrogen-bond donors (Lipinski definition) is 1. The monoisotopic (exact) mass is 410 g/mol. The van der Waals surface area contributed by atoms with Crippen molar-refractivity contribution in [3.05, 3.63) is 71.0 Å². The number of ether oxygens (including phenoxy) is 1. The van der Waals surface area contributed by atoms with Gasteiger partial charge in [-0.05, 0) is 42.2 Å². The van der Waals surface area contributed by atoms with E-state index >= 15 is 0 Å². The summed E-state index contributed by atoms with van der Waals surface area (Å²) in [6.07, 6.45) is 3.57. The van der Waals surface area contributed by atoms with Gasteiger partial charge in [0.15, 0.2) is 0 Å². The Morgan fingerprint density at radius 3 is 2.57 bits per heavy atom. The molecule has 1 fully saturated rings. The number of hydrogen-bond acceptors (Lipinski definition) is 3. The third-order valence-electron chi connectivity index (χ3n) is 6.45. The summed E-state index contributed by atoms with van der Waals surface area (Å²) in [7, 11) is 1.62. The zero-order valence-electron chi connectivity index (χ0n) is 17.2. The maximum absolute atomic E-state index is 13.5. The number of amides is 2. The van der Waals surface area contributed by atoms with Crippen molar-refractivity contribution in [2.45, 2.75) is 43.7 Å². The zero-order valence-corrected chi connectivity index (χ0v) is 17.2. The molecule has 2 aromatic rings. The summed E-state index contributed by atoms with van der Waals surface area (Å²) in [6.45, 7) is 1.21. The second-order valence-corrected chi connectivity index (χ2v) is 8.12. The molecule has 2 aromatic carbocycles. The lowest BCUT2D eigenvalue weighted by molar-refractivity contribution is -0.126. The maximum Gasteiger partial charge on any atom is 0.254 e. The highest BCUT2D eigenvalue weighted by molar-refractivity contribution is 6.02. The molecule has 1 saturated carbocycles. The van der Waals surface area contributed by atoms with E-state index in [1.807, 2.05) is 23.1 Å². The van der Waals surface area contributed by atoms with Crippen molar-refractivity contribution in [2.75, 3.05) is 20.3 Å². The van der Waals surface area contributed by atoms with Crippen LogP contribution in [-0.4, -0.2) is 42.5 Å². The summed E-state index contributed by atoms with van der Waals surface area (Å²) in [5, 5.41) is 3.04. The highest BCUT2D eigenvalue weighted by atomic mass is 19.1. The first-order valence-electron chi connectivity index (χ1n) is 10.5. The van der Waals surface area contributed by atoms with E-state index in [4.69, 9.17) is 4.74 Å². The summed E-state index contributed by atoms with van der Waals surface area (Å²) in [6, 6.07) is 13.6. The van der Waals surface area contributed by atoms with Crippen molar-refractivity contribution in [3.63, 3.8) is 0 Å². The average Bonchev–Trinajstić information content (AvgIpc) is 3.23. The lowest BCUT2D eigenvalue weighted by atomic mass is 9.71. The Morgan fingerprint density at radius 2 is 1.87 bits per heavy atom. The van der Waals surface area contributed by atoms with Crippen LogP contribution in [0.25, 0.3) is 0 Å². The topological polar surface area (TPSA) is 58.6 Å². The molecule has 0 radical (unpaired) electrons. The van der Waals surface area contributed by atoms with Crippen molar-refractivity contribution < 1.29 is 18.7 Å². The molecule has 6 heteroatoms. The fourth-order valence-electron chi connectivity index (χ4n) is 5.07. The standard InChI is InChI=1S/C24H27FN2O3/c1-30-15-14-27-23(29)20-7-3-2-6-19(20)21(24(27)12-4-5-13-24)22(28)26-16-17-8-10-18(25)11-9-17/h2-3,6-11,21H,4-5,12-16H2,1H3,(H,26,28)/t21-/m1/s1. The van der Waals surface area contributed by atoms with Crippen LogP contribution in [0.5, 0.6) is 0 Å². The van der Waals surface area contributed by atoms with E-state index in [2.05, 4.69) is 5.32 Å². The van der Waals surface area contributed by atoms with Crippen molar-refractivity contribution in [3.8, 4) is 0 Å². The van der Waals surface area contributed by atoms with Crippen LogP contribution in [0.15, 0.2) is 48.5 Å². The van der Waals surface area contributed by atoms with Crippen LogP contribution in [0.3, 0.4) is 0 Å². The molecule has 158 valence electrons. The van der Waals surface area contributed by atoms with Gasteiger partial charge in [-0.1, -0.05) is 43.2 Å². The normalized spacial score (nSPS) is 19.7. The Morgan fingerprint density at radius 1 is 1.17 bits per heavy atom. The first-order valence-corrected chi connectivity index (χ1v) is 10.5. The lowest BCUT2D eigenvalue weighted by Gasteiger charge is -2.50. The van der Waals surface area contributed by atoms with E-state index in [0.29, 0.717) is 25.3 Å². The highest BCUT2D eigenvalue weighted by Gasteiger charge is 2.55. The fraction of sp³-hybridized carbons (Fsp3) is 0.417. The van der Waals surface area contributed by atoms with Gasteiger partial charge in [-0.3, -0.25) is 9.59 Å². The van der Waals surface area contributed by atoms with Gasteiger partial charge in [0.1, 0.15) is 5.82 Å². The van der Waals surface area contributed by atoms with E-state index in [-0.39, 0.29) is 17.6 Å². The first-order chi connectivity index (χ1) is 14.6. The first kappa shape index (κ1) is 20.5. The minimum absolute atomic E-state index is 0.0212. The number of rotatable bonds is 6. The molecule has 0 unspecified atom stereocenters. The molecule has 1 heterocycles. The van der Waals surface area contributed by atoms with Gasteiger partial charge in [-0.25, -0.2) is 4.39 Å². The van der Waals surface area contributed by atoms with E-state index in [1.165, 1.54) is 12.1 Å². The average molecular weight is 410 g/mol. The lowest BCUT2D eigenvalue weighted by Crippen LogP contribution is -2.61. The molecular formula is C24H27FN2O3. The summed E-state index contributed by atoms with van der Waals surface area (Å²) in [5.41, 5.74) is 1.70. The Bertz CT molecular complexity index is 922. The predicted octanol–water partition coefficient (Wildman–Crippen LogP) is 3.64. The van der Waals surface area contributed by atoms with Crippen molar-refractivity contribution in [2.24, 2.45) is 0 Å². The van der Waals surface area contributed by atoms with Crippen LogP contribution < -0.4 is 5.32 Å². The SMILES string of the molecule is COCCN1C(=O)c2ccccc2[C@H](C(=O)NCc2ccc(F)cc2)C12CCCC2. The van der Waals surface area contributed by atoms with Crippen molar-refractivity contribution in [1.29, 1.82) is 0 Å². The molecule has 4 rings (SSSR count). The Balaban J connectivity index is 1.68. The molecular weight excluding hydrogens is 383 g/mol. The van der Waals surface area contributed by atoms with Gasteiger partial charge >= 0.3 is 0 Å². The predicted molar refractivity (Wildman–Crippen MR) is 112 cm³/mol. The second kappa shape index (κ2) is 8.56. The molecule has 0 aromatic heterocycles. The van der Waals surface area contributed by atoms with Crippen LogP contribution in [0.1, 0.15) is 53.1 Å². The quantitative estimate of drug-likeness (QED) is 0.791. The van der Waals surface area contributed by atoms with Gasteiger partial charge in [0.25, 0.3) is 5.91 Å². The number of nitrogens with one attached hydrogen (secondary N) is 1. The number of carbonyl (C=O) groups is 2. The summed E-state index contributed by atoms with van der Waals surface area (Å²) >= 11 is 0. The van der Waals surface area contributed by atoms with Crippen LogP contribution in [-0.2, 0) is 16.1 Å². The number of nitrogens with zero attached hydrogens (tertiary/aromatic N) is 1. The highest BCUT2D eigenvalue weighted by Crippen LogP contribution is 2.50. The van der Waals surface area contributed by atoms with Gasteiger partial charge in [0, 0.05) is 25.8 Å². The maximum atomic E-state index is 13.5. The summed E-state index contributed by atoms with van der Waals surface area (Å²) in [5.74, 6) is -0.856. The zero-order chi connectivity index (χ0) is 21.1. The van der Waals surface area contributed by atoms with Crippen LogP contribution >= 0.6 is 0 Å². The van der Waals surface area contributed by atoms with Crippen LogP contribution in [0.4, 0.5) is 4.39 Å². The van der Waals surface area contributed by atoms with Crippen LogP contribution in [0, 0.1) is 5.82 Å². The molecule has 5 nitrogen and oxygen atoms in total. The third-order valence-corrected chi connectivity index (χ3v) is 6.45. The Labute approximate surface area is 176 Å². The molecule has 0 bridgehead atoms. The van der Waals surface area contributed by atoms with Gasteiger partial charge in [-0.2, -0.15) is 0 Å². The molecule has 0 saturated heterocycles. The Kier molecular flexibility index (Phi) is 5.86. The molecule has 2 aliphatic rings. The second-order valence-electron chi connectivity index (χ2n) is 8.12. The molecule has 1 atom stereocenters. The van der Waals surface area contributed by atoms with Crippen LogP contribution in [0.2, 0.25) is 0 Å². The molecule has 1 spiro atoms. The van der Waals surface area contributed by atoms with Gasteiger partial charge in [0.05, 0.1) is 18.1 Å². The van der Waals surface area contributed by atoms with Gasteiger partial charge < -0.3 is 15.0 Å². The van der Waals surface area contributed by atoms with Crippen molar-refractivity contribution >= 4 is 11.8 Å². The van der Waals surface area contributed by atoms with E-state index in [1.54, 1.807) is 25.3 Å². The molecule has 30 heavy (non-hydrogen) atoms. The minimum atomic E-state index is -0.531. The minimum Gasteiger partial charge on any atom is -0.383 e. The molecule has 2 amide bonds. The number of methoxy groups -OCH3 is 1. The van der Waals surface area contributed by atoms with Crippen molar-refractivity contribution in [1.82, 2.24) is 10.2 Å². The number of fused-ring (bicyclic) bond motifs is 1. The number of carbonyl (C=O) groups excluding carboxylic acids is 2. The number of halogens is 1. The molecule has 1 N–H and O–H groups in total. The largest absolute Gasteiger partial charge is 0.383 e. The summed E-state index contributed by atoms with van der Waals surface area (Å²) in [4.78, 5) is 28.8. The smallest absolute Gasteiger partial charge is 0.254 e. The van der Waals surface area contributed by atoms with E-state index < -0.39 is 11.5 Å². The van der Waals surface area contributed by atoms with Gasteiger partial charge in [0.2, 0.25) is 5.91 Å².